The summed E-state index contributed by atoms with van der Waals surface area (Å²) in [4.78, 5) is 10.3. The number of amides is 1. The van der Waals surface area contributed by atoms with E-state index in [1.807, 2.05) is 6.08 Å². The molecule has 0 saturated heterocycles. The lowest BCUT2D eigenvalue weighted by Gasteiger charge is -2.11. The van der Waals surface area contributed by atoms with Crippen molar-refractivity contribution in [2.75, 3.05) is 0 Å². The van der Waals surface area contributed by atoms with Crippen molar-refractivity contribution in [3.8, 4) is 0 Å². The highest BCUT2D eigenvalue weighted by Gasteiger charge is 2.20. The second-order valence-electron chi connectivity index (χ2n) is 2.88. The third-order valence-corrected chi connectivity index (χ3v) is 2.00. The second-order valence-corrected chi connectivity index (χ2v) is 2.88. The first-order valence-electron chi connectivity index (χ1n) is 3.79. The van der Waals surface area contributed by atoms with E-state index in [4.69, 9.17) is 5.73 Å². The summed E-state index contributed by atoms with van der Waals surface area (Å²) in [7, 11) is 0. The maximum atomic E-state index is 10.3. The van der Waals surface area contributed by atoms with Crippen LogP contribution in [0.3, 0.4) is 0 Å². The topological polar surface area (TPSA) is 61.1 Å². The Morgan fingerprint density at radius 2 is 2.45 bits per heavy atom. The van der Waals surface area contributed by atoms with Gasteiger partial charge in [-0.25, -0.2) is 0 Å². The molecule has 1 aliphatic rings. The number of hydrogen-bond acceptors (Lipinski definition) is 2. The zero-order valence-corrected chi connectivity index (χ0v) is 6.29. The third-order valence-electron chi connectivity index (χ3n) is 2.00. The molecule has 1 rings (SSSR count). The quantitative estimate of drug-likeness (QED) is 0.602. The fourth-order valence-electron chi connectivity index (χ4n) is 1.29. The van der Waals surface area contributed by atoms with Gasteiger partial charge in [-0.3, -0.25) is 10.5 Å². The molecule has 3 nitrogen and oxygen atoms in total. The van der Waals surface area contributed by atoms with Gasteiger partial charge in [0.25, 0.3) is 0 Å². The van der Waals surface area contributed by atoms with Gasteiger partial charge in [-0.2, -0.15) is 0 Å². The molecule has 2 unspecified atom stereocenters. The molecule has 0 aromatic heterocycles. The first kappa shape index (κ1) is 8.27. The van der Waals surface area contributed by atoms with Crippen molar-refractivity contribution in [2.45, 2.75) is 25.4 Å². The summed E-state index contributed by atoms with van der Waals surface area (Å²) < 4.78 is 0. The number of aliphatic hydroxyl groups excluding tert-OH is 1. The number of rotatable bonds is 3. The largest absolute Gasteiger partial charge is 0.389 e. The second kappa shape index (κ2) is 3.53. The van der Waals surface area contributed by atoms with Crippen molar-refractivity contribution < 1.29 is 9.90 Å². The van der Waals surface area contributed by atoms with E-state index in [0.29, 0.717) is 6.42 Å². The van der Waals surface area contributed by atoms with Crippen molar-refractivity contribution in [1.29, 1.82) is 0 Å². The minimum absolute atomic E-state index is 0.171. The molecule has 2 N–H and O–H groups in total. The molecule has 0 aromatic rings. The Labute approximate surface area is 65.9 Å². The predicted molar refractivity (Wildman–Crippen MR) is 40.6 cm³/mol. The monoisotopic (exact) mass is 154 g/mol. The van der Waals surface area contributed by atoms with E-state index < -0.39 is 12.0 Å². The van der Waals surface area contributed by atoms with Gasteiger partial charge in [-0.05, 0) is 18.8 Å². The van der Waals surface area contributed by atoms with Gasteiger partial charge in [0.05, 0.1) is 6.10 Å². The van der Waals surface area contributed by atoms with Gasteiger partial charge in [0.1, 0.15) is 0 Å². The minimum atomic E-state index is -0.538. The molecule has 1 aliphatic carbocycles. The van der Waals surface area contributed by atoms with Crippen molar-refractivity contribution in [3.63, 3.8) is 0 Å². The lowest BCUT2D eigenvalue weighted by atomic mass is 9.99. The van der Waals surface area contributed by atoms with Gasteiger partial charge < -0.3 is 5.11 Å². The Balaban J connectivity index is 2.23. The first-order valence-corrected chi connectivity index (χ1v) is 3.79. The summed E-state index contributed by atoms with van der Waals surface area (Å²) >= 11 is 0. The molecule has 0 fully saturated rings. The van der Waals surface area contributed by atoms with Crippen LogP contribution in [0.4, 0.5) is 0 Å². The third kappa shape index (κ3) is 2.35. The Morgan fingerprint density at radius 3 is 2.91 bits per heavy atom. The zero-order valence-electron chi connectivity index (χ0n) is 6.29. The van der Waals surface area contributed by atoms with Gasteiger partial charge in [0, 0.05) is 6.42 Å². The van der Waals surface area contributed by atoms with Crippen LogP contribution in [0.1, 0.15) is 19.3 Å². The zero-order chi connectivity index (χ0) is 8.27. The van der Waals surface area contributed by atoms with Gasteiger partial charge in [-0.15, -0.1) is 0 Å². The molecule has 3 heteroatoms. The average Bonchev–Trinajstić information content (AvgIpc) is 2.31. The molecule has 0 bridgehead atoms. The normalized spacial score (nSPS) is 29.2. The van der Waals surface area contributed by atoms with E-state index in [2.05, 4.69) is 0 Å². The molecular formula is C8H12NO2. The van der Waals surface area contributed by atoms with Gasteiger partial charge in [0.15, 0.2) is 0 Å². The number of carbonyl (C=O) groups excluding carboxylic acids is 1. The van der Waals surface area contributed by atoms with Crippen molar-refractivity contribution >= 4 is 5.91 Å². The molecular weight excluding hydrogens is 142 g/mol. The summed E-state index contributed by atoms with van der Waals surface area (Å²) in [6.45, 7) is 0. The Bertz CT molecular complexity index is 177. The Kier molecular flexibility index (Phi) is 2.65. The number of nitrogens with one attached hydrogen (secondary N) is 1. The van der Waals surface area contributed by atoms with Gasteiger partial charge >= 0.3 is 0 Å². The van der Waals surface area contributed by atoms with E-state index in [1.165, 1.54) is 0 Å². The maximum absolute atomic E-state index is 10.3. The fraction of sp³-hybridized carbons (Fsp3) is 0.625. The number of allylic oxidation sites excluding steroid dienone is 1. The molecule has 11 heavy (non-hydrogen) atoms. The summed E-state index contributed by atoms with van der Waals surface area (Å²) in [5.41, 5.74) is 6.67. The van der Waals surface area contributed by atoms with Crippen LogP contribution in [0.25, 0.3) is 0 Å². The average molecular weight is 154 g/mol. The van der Waals surface area contributed by atoms with Crippen LogP contribution < -0.4 is 5.73 Å². The lowest BCUT2D eigenvalue weighted by molar-refractivity contribution is -0.119. The van der Waals surface area contributed by atoms with E-state index in [1.54, 1.807) is 6.08 Å². The molecule has 0 spiro atoms. The molecule has 1 amide bonds. The fourth-order valence-corrected chi connectivity index (χ4v) is 1.29. The molecule has 0 aliphatic heterocycles. The highest BCUT2D eigenvalue weighted by molar-refractivity contribution is 5.72. The number of hydrogen-bond donors (Lipinski definition) is 1. The SMILES string of the molecule is [NH]C(=O)CCC1CC=CC1O. The Hall–Kier alpha value is -0.830. The minimum Gasteiger partial charge on any atom is -0.389 e. The molecule has 0 aromatic carbocycles. The number of aliphatic hydroxyl groups is 1. The molecule has 0 saturated carbocycles. The maximum Gasteiger partial charge on any atom is 0.238 e. The Morgan fingerprint density at radius 1 is 1.73 bits per heavy atom. The van der Waals surface area contributed by atoms with Crippen LogP contribution in [0, 0.1) is 5.92 Å². The van der Waals surface area contributed by atoms with Crippen molar-refractivity contribution in [1.82, 2.24) is 5.73 Å². The van der Waals surface area contributed by atoms with Crippen LogP contribution >= 0.6 is 0 Å². The molecule has 0 heterocycles. The van der Waals surface area contributed by atoms with E-state index in [-0.39, 0.29) is 12.3 Å². The van der Waals surface area contributed by atoms with Gasteiger partial charge in [-0.1, -0.05) is 12.2 Å². The van der Waals surface area contributed by atoms with Crippen LogP contribution in [0.5, 0.6) is 0 Å². The van der Waals surface area contributed by atoms with Crippen LogP contribution in [-0.2, 0) is 4.79 Å². The van der Waals surface area contributed by atoms with E-state index in [9.17, 15) is 9.90 Å². The summed E-state index contributed by atoms with van der Waals surface area (Å²) in [6, 6.07) is 0. The summed E-state index contributed by atoms with van der Waals surface area (Å²) in [6.07, 6.45) is 5.02. The predicted octanol–water partition coefficient (Wildman–Crippen LogP) is 0.513. The molecule has 1 radical (unpaired) electrons. The lowest BCUT2D eigenvalue weighted by Crippen LogP contribution is -2.14. The van der Waals surface area contributed by atoms with Gasteiger partial charge in [0.2, 0.25) is 5.91 Å². The van der Waals surface area contributed by atoms with Crippen LogP contribution in [-0.4, -0.2) is 17.1 Å². The smallest absolute Gasteiger partial charge is 0.238 e. The van der Waals surface area contributed by atoms with E-state index >= 15 is 0 Å². The molecule has 2 atom stereocenters. The van der Waals surface area contributed by atoms with Crippen LogP contribution in [0.15, 0.2) is 12.2 Å². The summed E-state index contributed by atoms with van der Waals surface area (Å²) in [5, 5.41) is 9.24. The summed E-state index contributed by atoms with van der Waals surface area (Å²) in [5.74, 6) is -0.367. The number of carbonyl (C=O) groups is 1. The van der Waals surface area contributed by atoms with Crippen LogP contribution in [0.2, 0.25) is 0 Å². The van der Waals surface area contributed by atoms with Crippen molar-refractivity contribution in [2.24, 2.45) is 5.92 Å². The van der Waals surface area contributed by atoms with Crippen molar-refractivity contribution in [3.05, 3.63) is 12.2 Å². The standard InChI is InChI=1S/C8H12NO2/c9-8(11)5-4-6-2-1-3-7(6)10/h1,3,6-7,9-10H,2,4-5H2. The van der Waals surface area contributed by atoms with E-state index in [0.717, 1.165) is 6.42 Å². The highest BCUT2D eigenvalue weighted by atomic mass is 16.3. The molecule has 61 valence electrons. The highest BCUT2D eigenvalue weighted by Crippen LogP contribution is 2.22. The first-order chi connectivity index (χ1) is 5.20.